The number of nitro groups is 1. The van der Waals surface area contributed by atoms with Crippen LogP contribution in [0.25, 0.3) is 17.4 Å². The Morgan fingerprint density at radius 2 is 1.86 bits per heavy atom. The number of non-ortho nitro benzene ring substituents is 1. The van der Waals surface area contributed by atoms with E-state index >= 15 is 0 Å². The highest BCUT2D eigenvalue weighted by atomic mass is 16.6. The first-order chi connectivity index (χ1) is 17.2. The fourth-order valence-electron chi connectivity index (χ4n) is 3.59. The number of esters is 1. The number of nitro benzene ring substituents is 1. The minimum absolute atomic E-state index is 0.0992. The van der Waals surface area contributed by atoms with Gasteiger partial charge in [0.05, 0.1) is 52.3 Å². The molecule has 0 unspecified atom stereocenters. The molecule has 0 fully saturated rings. The van der Waals surface area contributed by atoms with Crippen LogP contribution in [-0.4, -0.2) is 35.7 Å². The maximum absolute atomic E-state index is 13.1. The van der Waals surface area contributed by atoms with Crippen LogP contribution in [0.4, 0.5) is 11.4 Å². The van der Waals surface area contributed by atoms with E-state index in [4.69, 9.17) is 13.9 Å². The predicted octanol–water partition coefficient (Wildman–Crippen LogP) is 5.23. The van der Waals surface area contributed by atoms with Gasteiger partial charge in [-0.05, 0) is 69.3 Å². The number of amides is 1. The molecule has 184 valence electrons. The highest BCUT2D eigenvalue weighted by molar-refractivity contribution is 6.32. The van der Waals surface area contributed by atoms with Gasteiger partial charge in [-0.3, -0.25) is 14.9 Å². The molecule has 0 bridgehead atoms. The Bertz CT molecular complexity index is 1400. The molecule has 0 radical (unpaired) electrons. The van der Waals surface area contributed by atoms with Gasteiger partial charge >= 0.3 is 5.97 Å². The number of anilines is 1. The summed E-state index contributed by atoms with van der Waals surface area (Å²) in [6.07, 6.45) is 1.34. The summed E-state index contributed by atoms with van der Waals surface area (Å²) in [5.74, 6) is 0.323. The third-order valence-electron chi connectivity index (χ3n) is 5.33. The zero-order valence-electron chi connectivity index (χ0n) is 20.1. The number of ether oxygens (including phenoxy) is 2. The van der Waals surface area contributed by atoms with Crippen LogP contribution in [0.2, 0.25) is 0 Å². The van der Waals surface area contributed by atoms with E-state index in [1.54, 1.807) is 69.3 Å². The highest BCUT2D eigenvalue weighted by Gasteiger charge is 2.29. The van der Waals surface area contributed by atoms with Crippen molar-refractivity contribution in [3.63, 3.8) is 0 Å². The number of rotatable bonds is 7. The van der Waals surface area contributed by atoms with Crippen LogP contribution in [0.5, 0.6) is 5.75 Å². The summed E-state index contributed by atoms with van der Waals surface area (Å²) in [5, 5.41) is 16.6. The van der Waals surface area contributed by atoms with Crippen molar-refractivity contribution >= 4 is 35.0 Å². The molecule has 3 aromatic rings. The maximum Gasteiger partial charge on any atom is 0.338 e. The Labute approximate surface area is 206 Å². The van der Waals surface area contributed by atoms with Gasteiger partial charge in [-0.25, -0.2) is 4.79 Å². The van der Waals surface area contributed by atoms with Crippen molar-refractivity contribution in [2.24, 2.45) is 5.10 Å². The Balaban J connectivity index is 1.56. The summed E-state index contributed by atoms with van der Waals surface area (Å²) in [7, 11) is 1.42. The molecule has 10 heteroatoms. The van der Waals surface area contributed by atoms with E-state index in [-0.39, 0.29) is 17.7 Å². The van der Waals surface area contributed by atoms with Crippen molar-refractivity contribution in [1.82, 2.24) is 0 Å². The molecular weight excluding hydrogens is 466 g/mol. The van der Waals surface area contributed by atoms with Crippen LogP contribution >= 0.6 is 0 Å². The number of carbonyl (C=O) groups is 2. The first kappa shape index (κ1) is 24.4. The second-order valence-electron chi connectivity index (χ2n) is 8.21. The number of hydrazone groups is 1. The molecule has 0 aliphatic carbocycles. The molecule has 4 rings (SSSR count). The van der Waals surface area contributed by atoms with Crippen LogP contribution in [-0.2, 0) is 9.53 Å². The highest BCUT2D eigenvalue weighted by Crippen LogP contribution is 2.35. The van der Waals surface area contributed by atoms with Crippen molar-refractivity contribution in [2.45, 2.75) is 26.9 Å². The van der Waals surface area contributed by atoms with E-state index < -0.39 is 10.9 Å². The van der Waals surface area contributed by atoms with Gasteiger partial charge < -0.3 is 13.9 Å². The third kappa shape index (κ3) is 4.88. The number of methoxy groups -OCH3 is 1. The maximum atomic E-state index is 13.1. The van der Waals surface area contributed by atoms with Gasteiger partial charge in [0.2, 0.25) is 0 Å². The summed E-state index contributed by atoms with van der Waals surface area (Å²) in [6, 6.07) is 14.0. The van der Waals surface area contributed by atoms with Crippen molar-refractivity contribution < 1.29 is 28.4 Å². The lowest BCUT2D eigenvalue weighted by Gasteiger charge is -2.13. The topological polar surface area (TPSA) is 124 Å². The molecule has 1 aliphatic rings. The van der Waals surface area contributed by atoms with Gasteiger partial charge in [-0.1, -0.05) is 0 Å². The first-order valence-electron chi connectivity index (χ1n) is 11.0. The average Bonchev–Trinajstić information content (AvgIpc) is 3.43. The molecule has 2 heterocycles. The molecule has 0 N–H and O–H groups in total. The van der Waals surface area contributed by atoms with Crippen molar-refractivity contribution in [3.8, 4) is 17.1 Å². The number of furan rings is 1. The van der Waals surface area contributed by atoms with Crippen LogP contribution in [0.1, 0.15) is 36.9 Å². The largest absolute Gasteiger partial charge is 0.496 e. The Hall–Kier alpha value is -4.73. The average molecular weight is 489 g/mol. The Morgan fingerprint density at radius 1 is 1.14 bits per heavy atom. The summed E-state index contributed by atoms with van der Waals surface area (Å²) in [4.78, 5) is 35.7. The SMILES string of the molecule is COc1cc([N+](=O)[O-])ccc1-c1ccc(C=C2C(=O)N(c3ccc(C(=O)OC(C)C)cc3)N=C2C)o1. The van der Waals surface area contributed by atoms with Gasteiger partial charge in [0.1, 0.15) is 17.3 Å². The third-order valence-corrected chi connectivity index (χ3v) is 5.33. The van der Waals surface area contributed by atoms with Gasteiger partial charge in [-0.15, -0.1) is 0 Å². The van der Waals surface area contributed by atoms with Crippen molar-refractivity contribution in [3.05, 3.63) is 81.6 Å². The molecule has 36 heavy (non-hydrogen) atoms. The van der Waals surface area contributed by atoms with Crippen LogP contribution in [0, 0.1) is 10.1 Å². The number of nitrogens with zero attached hydrogens (tertiary/aromatic N) is 3. The van der Waals surface area contributed by atoms with E-state index in [0.717, 1.165) is 0 Å². The lowest BCUT2D eigenvalue weighted by atomic mass is 10.1. The molecule has 1 aromatic heterocycles. The quantitative estimate of drug-likeness (QED) is 0.192. The second kappa shape index (κ2) is 9.87. The minimum atomic E-state index is -0.505. The molecule has 0 atom stereocenters. The molecule has 0 spiro atoms. The molecule has 1 aliphatic heterocycles. The summed E-state index contributed by atoms with van der Waals surface area (Å²) < 4.78 is 16.3. The zero-order valence-corrected chi connectivity index (χ0v) is 20.1. The molecule has 0 saturated heterocycles. The van der Waals surface area contributed by atoms with Crippen molar-refractivity contribution in [2.75, 3.05) is 12.1 Å². The summed E-state index contributed by atoms with van der Waals surface area (Å²) in [5.41, 5.74) is 2.15. The molecule has 1 amide bonds. The minimum Gasteiger partial charge on any atom is -0.496 e. The molecular formula is C26H23N3O7. The van der Waals surface area contributed by atoms with E-state index in [9.17, 15) is 19.7 Å². The van der Waals surface area contributed by atoms with Crippen molar-refractivity contribution in [1.29, 1.82) is 0 Å². The van der Waals surface area contributed by atoms with Gasteiger partial charge in [0, 0.05) is 6.07 Å². The van der Waals surface area contributed by atoms with Gasteiger partial charge in [-0.2, -0.15) is 10.1 Å². The fourth-order valence-corrected chi connectivity index (χ4v) is 3.59. The van der Waals surface area contributed by atoms with Gasteiger partial charge in [0.15, 0.2) is 0 Å². The fraction of sp³-hybridized carbons (Fsp3) is 0.192. The lowest BCUT2D eigenvalue weighted by Crippen LogP contribution is -2.21. The van der Waals surface area contributed by atoms with E-state index in [1.165, 1.54) is 24.3 Å². The molecule has 0 saturated carbocycles. The summed E-state index contributed by atoms with van der Waals surface area (Å²) in [6.45, 7) is 5.25. The first-order valence-corrected chi connectivity index (χ1v) is 11.0. The lowest BCUT2D eigenvalue weighted by molar-refractivity contribution is -0.384. The summed E-state index contributed by atoms with van der Waals surface area (Å²) >= 11 is 0. The van der Waals surface area contributed by atoms with E-state index in [2.05, 4.69) is 5.10 Å². The Morgan fingerprint density at radius 3 is 2.50 bits per heavy atom. The number of carbonyl (C=O) groups excluding carboxylic acids is 2. The Kier molecular flexibility index (Phi) is 6.69. The number of hydrogen-bond donors (Lipinski definition) is 0. The second-order valence-corrected chi connectivity index (χ2v) is 8.21. The number of benzene rings is 2. The zero-order chi connectivity index (χ0) is 26.0. The molecule has 10 nitrogen and oxygen atoms in total. The van der Waals surface area contributed by atoms with Crippen LogP contribution in [0.15, 0.2) is 69.7 Å². The van der Waals surface area contributed by atoms with E-state index in [1.807, 2.05) is 0 Å². The predicted molar refractivity (Wildman–Crippen MR) is 133 cm³/mol. The normalized spacial score (nSPS) is 14.4. The van der Waals surface area contributed by atoms with E-state index in [0.29, 0.717) is 45.4 Å². The van der Waals surface area contributed by atoms with Crippen LogP contribution < -0.4 is 9.75 Å². The van der Waals surface area contributed by atoms with Gasteiger partial charge in [0.25, 0.3) is 11.6 Å². The molecule has 2 aromatic carbocycles. The van der Waals surface area contributed by atoms with Crippen LogP contribution in [0.3, 0.4) is 0 Å². The number of hydrogen-bond acceptors (Lipinski definition) is 8. The smallest absolute Gasteiger partial charge is 0.338 e. The monoisotopic (exact) mass is 489 g/mol. The standard InChI is InChI=1S/C26H23N3O7/c1-15(2)35-26(31)17-5-7-18(8-6-17)28-25(30)22(16(3)27-28)14-20-10-12-23(36-20)21-11-9-19(29(32)33)13-24(21)34-4/h5-15H,1-4H3.